The van der Waals surface area contributed by atoms with Crippen LogP contribution in [0.3, 0.4) is 0 Å². The number of hydrazine groups is 1. The molecule has 2 aromatic carbocycles. The number of methoxy groups -OCH3 is 2. The maximum Gasteiger partial charge on any atom is 0.273 e. The van der Waals surface area contributed by atoms with Crippen molar-refractivity contribution in [3.05, 3.63) is 51.0 Å². The van der Waals surface area contributed by atoms with Gasteiger partial charge in [-0.2, -0.15) is 0 Å². The van der Waals surface area contributed by atoms with E-state index in [9.17, 15) is 4.79 Å². The molecule has 1 amide bonds. The Bertz CT molecular complexity index is 715. The highest BCUT2D eigenvalue weighted by molar-refractivity contribution is 6.41. The van der Waals surface area contributed by atoms with Crippen LogP contribution in [0.1, 0.15) is 10.4 Å². The topological polar surface area (TPSA) is 59.6 Å². The molecular weight excluding hydrogens is 363 g/mol. The highest BCUT2D eigenvalue weighted by Gasteiger charge is 2.15. The van der Waals surface area contributed by atoms with Gasteiger partial charge in [-0.3, -0.25) is 15.6 Å². The molecule has 2 N–H and O–H groups in total. The molecule has 2 aromatic rings. The molecule has 0 aliphatic carbocycles. The van der Waals surface area contributed by atoms with Crippen LogP contribution in [0.25, 0.3) is 0 Å². The average molecular weight is 376 g/mol. The molecule has 2 rings (SSSR count). The number of anilines is 1. The summed E-state index contributed by atoms with van der Waals surface area (Å²) in [6.45, 7) is 0. The molecule has 122 valence electrons. The van der Waals surface area contributed by atoms with E-state index >= 15 is 0 Å². The Balaban J connectivity index is 2.20. The van der Waals surface area contributed by atoms with Gasteiger partial charge in [0.15, 0.2) is 0 Å². The highest BCUT2D eigenvalue weighted by Crippen LogP contribution is 2.33. The van der Waals surface area contributed by atoms with Crippen molar-refractivity contribution in [1.29, 1.82) is 0 Å². The summed E-state index contributed by atoms with van der Waals surface area (Å²) in [5, 5.41) is 0.951. The number of benzene rings is 2. The van der Waals surface area contributed by atoms with Gasteiger partial charge in [-0.05, 0) is 30.3 Å². The smallest absolute Gasteiger partial charge is 0.273 e. The third kappa shape index (κ3) is 4.13. The number of ether oxygens (including phenoxy) is 2. The number of hydrogen-bond acceptors (Lipinski definition) is 4. The molecule has 8 heteroatoms. The van der Waals surface area contributed by atoms with Gasteiger partial charge in [0.1, 0.15) is 11.5 Å². The van der Waals surface area contributed by atoms with Gasteiger partial charge in [-0.1, -0.05) is 34.8 Å². The van der Waals surface area contributed by atoms with E-state index in [1.165, 1.54) is 26.4 Å². The first kappa shape index (κ1) is 17.5. The van der Waals surface area contributed by atoms with Gasteiger partial charge in [-0.15, -0.1) is 0 Å². The summed E-state index contributed by atoms with van der Waals surface area (Å²) in [4.78, 5) is 12.3. The molecule has 0 saturated carbocycles. The van der Waals surface area contributed by atoms with Gasteiger partial charge in [0, 0.05) is 5.02 Å². The predicted octanol–water partition coefficient (Wildman–Crippen LogP) is 4.42. The maximum absolute atomic E-state index is 12.3. The van der Waals surface area contributed by atoms with Gasteiger partial charge >= 0.3 is 0 Å². The van der Waals surface area contributed by atoms with Crippen LogP contribution in [-0.4, -0.2) is 20.1 Å². The van der Waals surface area contributed by atoms with Crippen molar-refractivity contribution in [2.75, 3.05) is 19.6 Å². The normalized spacial score (nSPS) is 10.1. The number of halogens is 3. The number of hydrogen-bond donors (Lipinski definition) is 2. The van der Waals surface area contributed by atoms with Crippen molar-refractivity contribution in [1.82, 2.24) is 5.43 Å². The Morgan fingerprint density at radius 3 is 2.22 bits per heavy atom. The second-order valence-electron chi connectivity index (χ2n) is 4.39. The number of carbonyl (C=O) groups excluding carboxylic acids is 1. The molecule has 0 unspecified atom stereocenters. The molecule has 0 radical (unpaired) electrons. The summed E-state index contributed by atoms with van der Waals surface area (Å²) in [5.74, 6) is 0.486. The second kappa shape index (κ2) is 7.64. The fourth-order valence-electron chi connectivity index (χ4n) is 1.84. The molecule has 0 fully saturated rings. The Morgan fingerprint density at radius 2 is 1.65 bits per heavy atom. The number of carbonyl (C=O) groups is 1. The molecule has 0 aliphatic rings. The lowest BCUT2D eigenvalue weighted by Crippen LogP contribution is -2.30. The molecule has 0 spiro atoms. The largest absolute Gasteiger partial charge is 0.497 e. The minimum Gasteiger partial charge on any atom is -0.497 e. The van der Waals surface area contributed by atoms with Crippen LogP contribution in [-0.2, 0) is 0 Å². The fourth-order valence-corrected chi connectivity index (χ4v) is 2.75. The zero-order chi connectivity index (χ0) is 17.0. The van der Waals surface area contributed by atoms with Crippen LogP contribution >= 0.6 is 34.8 Å². The van der Waals surface area contributed by atoms with E-state index in [0.717, 1.165) is 0 Å². The summed E-state index contributed by atoms with van der Waals surface area (Å²) < 4.78 is 10.3. The van der Waals surface area contributed by atoms with Crippen LogP contribution in [0.2, 0.25) is 15.1 Å². The Hall–Kier alpha value is -1.82. The number of amides is 1. The van der Waals surface area contributed by atoms with Crippen LogP contribution in [0.4, 0.5) is 5.69 Å². The number of nitrogens with one attached hydrogen (secondary N) is 2. The van der Waals surface area contributed by atoms with Crippen molar-refractivity contribution in [2.24, 2.45) is 0 Å². The van der Waals surface area contributed by atoms with Gasteiger partial charge < -0.3 is 9.47 Å². The van der Waals surface area contributed by atoms with Crippen molar-refractivity contribution < 1.29 is 14.3 Å². The molecule has 0 bridgehead atoms. The van der Waals surface area contributed by atoms with Crippen molar-refractivity contribution in [2.45, 2.75) is 0 Å². The lowest BCUT2D eigenvalue weighted by atomic mass is 10.2. The SMILES string of the molecule is COc1ccc(OC)c(C(=O)NNc2c(Cl)cc(Cl)cc2Cl)c1. The van der Waals surface area contributed by atoms with E-state index in [2.05, 4.69) is 10.9 Å². The van der Waals surface area contributed by atoms with E-state index < -0.39 is 5.91 Å². The lowest BCUT2D eigenvalue weighted by molar-refractivity contribution is 0.0959. The van der Waals surface area contributed by atoms with Crippen molar-refractivity contribution in [3.8, 4) is 11.5 Å². The van der Waals surface area contributed by atoms with Gasteiger partial charge in [0.05, 0.1) is 35.5 Å². The number of rotatable bonds is 5. The summed E-state index contributed by atoms with van der Waals surface area (Å²) >= 11 is 17.9. The monoisotopic (exact) mass is 374 g/mol. The maximum atomic E-state index is 12.3. The van der Waals surface area contributed by atoms with E-state index in [1.807, 2.05) is 0 Å². The van der Waals surface area contributed by atoms with E-state index in [-0.39, 0.29) is 10.0 Å². The van der Waals surface area contributed by atoms with Crippen LogP contribution in [0, 0.1) is 0 Å². The van der Waals surface area contributed by atoms with Gasteiger partial charge in [-0.25, -0.2) is 0 Å². The lowest BCUT2D eigenvalue weighted by Gasteiger charge is -2.14. The fraction of sp³-hybridized carbons (Fsp3) is 0.133. The zero-order valence-electron chi connectivity index (χ0n) is 12.2. The zero-order valence-corrected chi connectivity index (χ0v) is 14.5. The quantitative estimate of drug-likeness (QED) is 0.760. The van der Waals surface area contributed by atoms with Crippen molar-refractivity contribution in [3.63, 3.8) is 0 Å². The first-order valence-electron chi connectivity index (χ1n) is 6.39. The first-order chi connectivity index (χ1) is 11.0. The molecule has 0 atom stereocenters. The molecule has 0 saturated heterocycles. The Morgan fingerprint density at radius 1 is 1.00 bits per heavy atom. The molecule has 0 aliphatic heterocycles. The molecule has 0 heterocycles. The summed E-state index contributed by atoms with van der Waals surface area (Å²) in [6, 6.07) is 7.90. The van der Waals surface area contributed by atoms with Crippen molar-refractivity contribution >= 4 is 46.4 Å². The summed E-state index contributed by atoms with van der Waals surface area (Å²) in [6.07, 6.45) is 0. The minimum absolute atomic E-state index is 0.278. The van der Waals surface area contributed by atoms with Crippen LogP contribution < -0.4 is 20.3 Å². The third-order valence-electron chi connectivity index (χ3n) is 2.96. The van der Waals surface area contributed by atoms with Gasteiger partial charge in [0.25, 0.3) is 5.91 Å². The standard InChI is InChI=1S/C15H13Cl3N2O3/c1-22-9-3-4-13(23-2)10(7-9)15(21)20-19-14-11(17)5-8(16)6-12(14)18/h3-7,19H,1-2H3,(H,20,21). The molecular formula is C15H13Cl3N2O3. The molecule has 0 aromatic heterocycles. The Kier molecular flexibility index (Phi) is 5.82. The highest BCUT2D eigenvalue weighted by atomic mass is 35.5. The molecule has 5 nitrogen and oxygen atoms in total. The average Bonchev–Trinajstić information content (AvgIpc) is 2.52. The van der Waals surface area contributed by atoms with E-state index in [0.29, 0.717) is 27.8 Å². The van der Waals surface area contributed by atoms with Crippen LogP contribution in [0.5, 0.6) is 11.5 Å². The first-order valence-corrected chi connectivity index (χ1v) is 7.52. The summed E-state index contributed by atoms with van der Waals surface area (Å²) in [5.41, 5.74) is 5.82. The molecule has 23 heavy (non-hydrogen) atoms. The predicted molar refractivity (Wildman–Crippen MR) is 92.1 cm³/mol. The van der Waals surface area contributed by atoms with Gasteiger partial charge in [0.2, 0.25) is 0 Å². The third-order valence-corrected chi connectivity index (χ3v) is 3.77. The minimum atomic E-state index is -0.442. The second-order valence-corrected chi connectivity index (χ2v) is 5.64. The van der Waals surface area contributed by atoms with Crippen LogP contribution in [0.15, 0.2) is 30.3 Å². The Labute approximate surface area is 148 Å². The summed E-state index contributed by atoms with van der Waals surface area (Å²) in [7, 11) is 2.98. The van der Waals surface area contributed by atoms with E-state index in [4.69, 9.17) is 44.3 Å². The van der Waals surface area contributed by atoms with E-state index in [1.54, 1.807) is 18.2 Å².